The van der Waals surface area contributed by atoms with Crippen LogP contribution in [0.4, 0.5) is 5.82 Å². The summed E-state index contributed by atoms with van der Waals surface area (Å²) in [6.45, 7) is 5.30. The van der Waals surface area contributed by atoms with Gasteiger partial charge in [-0.05, 0) is 19.1 Å². The third-order valence-corrected chi connectivity index (χ3v) is 3.13. The molecule has 1 aliphatic heterocycles. The minimum absolute atomic E-state index is 0.532. The van der Waals surface area contributed by atoms with Gasteiger partial charge < -0.3 is 15.2 Å². The maximum Gasteiger partial charge on any atom is 0.138 e. The summed E-state index contributed by atoms with van der Waals surface area (Å²) < 4.78 is 0. The molecule has 2 N–H and O–H groups in total. The summed E-state index contributed by atoms with van der Waals surface area (Å²) in [7, 11) is 0. The fourth-order valence-corrected chi connectivity index (χ4v) is 2.34. The number of piperazine rings is 1. The Labute approximate surface area is 94.7 Å². The Bertz CT molecular complexity index is 490. The lowest BCUT2D eigenvalue weighted by Crippen LogP contribution is -2.49. The van der Waals surface area contributed by atoms with E-state index in [0.717, 1.165) is 31.0 Å². The Balaban J connectivity index is 2.01. The molecule has 0 bridgehead atoms. The highest BCUT2D eigenvalue weighted by Crippen LogP contribution is 2.23. The summed E-state index contributed by atoms with van der Waals surface area (Å²) in [5, 5.41) is 4.67. The Hall–Kier alpha value is -1.55. The van der Waals surface area contributed by atoms with Crippen LogP contribution in [0, 0.1) is 0 Å². The minimum atomic E-state index is 0.532. The molecule has 1 atom stereocenters. The molecular formula is C12H16N4. The van der Waals surface area contributed by atoms with Crippen molar-refractivity contribution in [3.8, 4) is 0 Å². The van der Waals surface area contributed by atoms with Gasteiger partial charge in [-0.25, -0.2) is 4.98 Å². The quantitative estimate of drug-likeness (QED) is 0.756. The van der Waals surface area contributed by atoms with Crippen molar-refractivity contribution in [2.24, 2.45) is 0 Å². The van der Waals surface area contributed by atoms with Gasteiger partial charge in [0.1, 0.15) is 5.82 Å². The summed E-state index contributed by atoms with van der Waals surface area (Å²) in [6.07, 6.45) is 3.85. The summed E-state index contributed by atoms with van der Waals surface area (Å²) in [6, 6.07) is 4.65. The van der Waals surface area contributed by atoms with Crippen LogP contribution in [-0.2, 0) is 0 Å². The first-order valence-corrected chi connectivity index (χ1v) is 5.75. The molecule has 0 amide bonds. The number of aromatic amines is 1. The van der Waals surface area contributed by atoms with Crippen molar-refractivity contribution < 1.29 is 0 Å². The van der Waals surface area contributed by atoms with Crippen LogP contribution in [0.3, 0.4) is 0 Å². The second-order valence-corrected chi connectivity index (χ2v) is 4.37. The van der Waals surface area contributed by atoms with Gasteiger partial charge >= 0.3 is 0 Å². The van der Waals surface area contributed by atoms with E-state index in [1.807, 2.05) is 18.5 Å². The lowest BCUT2D eigenvalue weighted by Gasteiger charge is -2.33. The molecule has 0 aliphatic carbocycles. The Morgan fingerprint density at radius 3 is 3.25 bits per heavy atom. The van der Waals surface area contributed by atoms with E-state index in [1.165, 1.54) is 5.39 Å². The van der Waals surface area contributed by atoms with Gasteiger partial charge in [0, 0.05) is 43.5 Å². The van der Waals surface area contributed by atoms with Crippen LogP contribution in [0.5, 0.6) is 0 Å². The number of pyridine rings is 1. The first-order chi connectivity index (χ1) is 7.84. The second kappa shape index (κ2) is 3.79. The highest BCUT2D eigenvalue weighted by atomic mass is 15.2. The van der Waals surface area contributed by atoms with Crippen molar-refractivity contribution >= 4 is 16.7 Å². The van der Waals surface area contributed by atoms with Gasteiger partial charge in [0.2, 0.25) is 0 Å². The normalized spacial score (nSPS) is 21.6. The fraction of sp³-hybridized carbons (Fsp3) is 0.417. The molecule has 3 rings (SSSR count). The van der Waals surface area contributed by atoms with E-state index >= 15 is 0 Å². The summed E-state index contributed by atoms with van der Waals surface area (Å²) in [4.78, 5) is 10.1. The van der Waals surface area contributed by atoms with Gasteiger partial charge in [0.25, 0.3) is 0 Å². The lowest BCUT2D eigenvalue weighted by molar-refractivity contribution is 0.483. The van der Waals surface area contributed by atoms with Crippen molar-refractivity contribution in [1.82, 2.24) is 15.3 Å². The zero-order valence-electron chi connectivity index (χ0n) is 9.40. The van der Waals surface area contributed by atoms with Crippen LogP contribution in [0.25, 0.3) is 10.9 Å². The third kappa shape index (κ3) is 1.55. The lowest BCUT2D eigenvalue weighted by atomic mass is 10.2. The van der Waals surface area contributed by atoms with Gasteiger partial charge in [-0.3, -0.25) is 0 Å². The number of nitrogens with one attached hydrogen (secondary N) is 2. The molecule has 84 valence electrons. The van der Waals surface area contributed by atoms with Gasteiger partial charge in [-0.15, -0.1) is 0 Å². The number of nitrogens with zero attached hydrogens (tertiary/aromatic N) is 2. The van der Waals surface area contributed by atoms with E-state index in [4.69, 9.17) is 0 Å². The van der Waals surface area contributed by atoms with Crippen molar-refractivity contribution in [1.29, 1.82) is 0 Å². The van der Waals surface area contributed by atoms with E-state index in [0.29, 0.717) is 6.04 Å². The van der Waals surface area contributed by atoms with E-state index in [-0.39, 0.29) is 0 Å². The minimum Gasteiger partial charge on any atom is -0.361 e. The first kappa shape index (κ1) is 9.66. The molecule has 1 fully saturated rings. The maximum atomic E-state index is 4.52. The molecule has 4 nitrogen and oxygen atoms in total. The van der Waals surface area contributed by atoms with Crippen molar-refractivity contribution in [2.45, 2.75) is 13.0 Å². The van der Waals surface area contributed by atoms with Crippen molar-refractivity contribution in [3.63, 3.8) is 0 Å². The molecule has 0 saturated carbocycles. The molecule has 2 aromatic heterocycles. The molecule has 0 unspecified atom stereocenters. The largest absolute Gasteiger partial charge is 0.361 e. The summed E-state index contributed by atoms with van der Waals surface area (Å²) in [5.74, 6) is 1.10. The number of H-pyrrole nitrogens is 1. The molecule has 1 saturated heterocycles. The number of hydrogen-bond acceptors (Lipinski definition) is 3. The highest BCUT2D eigenvalue weighted by molar-refractivity contribution is 5.90. The molecule has 2 aromatic rings. The van der Waals surface area contributed by atoms with Crippen LogP contribution >= 0.6 is 0 Å². The molecule has 0 aromatic carbocycles. The average molecular weight is 216 g/mol. The fourth-order valence-electron chi connectivity index (χ4n) is 2.34. The van der Waals surface area contributed by atoms with E-state index in [1.54, 1.807) is 0 Å². The first-order valence-electron chi connectivity index (χ1n) is 5.75. The van der Waals surface area contributed by atoms with Gasteiger partial charge in [-0.1, -0.05) is 0 Å². The Kier molecular flexibility index (Phi) is 2.29. The summed E-state index contributed by atoms with van der Waals surface area (Å²) >= 11 is 0. The topological polar surface area (TPSA) is 44.0 Å². The molecular weight excluding hydrogens is 200 g/mol. The number of rotatable bonds is 1. The molecule has 4 heteroatoms. The van der Waals surface area contributed by atoms with Gasteiger partial charge in [0.05, 0.1) is 5.52 Å². The summed E-state index contributed by atoms with van der Waals surface area (Å²) in [5.41, 5.74) is 1.16. The average Bonchev–Trinajstić information content (AvgIpc) is 2.76. The van der Waals surface area contributed by atoms with E-state index in [2.05, 4.69) is 33.2 Å². The zero-order chi connectivity index (χ0) is 11.0. The molecule has 0 radical (unpaired) electrons. The Morgan fingerprint density at radius 1 is 1.44 bits per heavy atom. The van der Waals surface area contributed by atoms with Crippen LogP contribution < -0.4 is 10.2 Å². The molecule has 1 aliphatic rings. The second-order valence-electron chi connectivity index (χ2n) is 4.37. The molecule has 16 heavy (non-hydrogen) atoms. The van der Waals surface area contributed by atoms with Crippen LogP contribution in [-0.4, -0.2) is 35.6 Å². The SMILES string of the molecule is C[C@@H]1CN(c2nccc3[nH]ccc23)CCN1. The van der Waals surface area contributed by atoms with Crippen LogP contribution in [0.1, 0.15) is 6.92 Å². The standard InChI is InChI=1S/C12H16N4/c1-9-8-16(7-6-13-9)12-10-2-4-14-11(10)3-5-15-12/h2-5,9,13-14H,6-8H2,1H3/t9-/m1/s1. The zero-order valence-corrected chi connectivity index (χ0v) is 9.40. The van der Waals surface area contributed by atoms with Gasteiger partial charge in [-0.2, -0.15) is 0 Å². The van der Waals surface area contributed by atoms with Gasteiger partial charge in [0.15, 0.2) is 0 Å². The number of aromatic nitrogens is 2. The van der Waals surface area contributed by atoms with Crippen molar-refractivity contribution in [2.75, 3.05) is 24.5 Å². The van der Waals surface area contributed by atoms with E-state index < -0.39 is 0 Å². The smallest absolute Gasteiger partial charge is 0.138 e. The van der Waals surface area contributed by atoms with E-state index in [9.17, 15) is 0 Å². The monoisotopic (exact) mass is 216 g/mol. The molecule has 0 spiro atoms. The number of hydrogen-bond donors (Lipinski definition) is 2. The highest BCUT2D eigenvalue weighted by Gasteiger charge is 2.18. The Morgan fingerprint density at radius 2 is 2.38 bits per heavy atom. The van der Waals surface area contributed by atoms with Crippen LogP contribution in [0.2, 0.25) is 0 Å². The molecule has 3 heterocycles. The maximum absolute atomic E-state index is 4.52. The number of fused-ring (bicyclic) bond motifs is 1. The third-order valence-electron chi connectivity index (χ3n) is 3.13. The number of anilines is 1. The predicted octanol–water partition coefficient (Wildman–Crippen LogP) is 1.36. The predicted molar refractivity (Wildman–Crippen MR) is 65.8 cm³/mol. The van der Waals surface area contributed by atoms with Crippen molar-refractivity contribution in [3.05, 3.63) is 24.5 Å². The van der Waals surface area contributed by atoms with Crippen LogP contribution in [0.15, 0.2) is 24.5 Å².